The molecule has 9 nitrogen and oxygen atoms in total. The molecule has 0 bridgehead atoms. The molecule has 3 amide bonds. The maximum atomic E-state index is 12.9. The van der Waals surface area contributed by atoms with Crippen LogP contribution in [0.25, 0.3) is 0 Å². The van der Waals surface area contributed by atoms with Gasteiger partial charge in [-0.2, -0.15) is 0 Å². The number of nitrogens with zero attached hydrogens (tertiary/aromatic N) is 2. The molecule has 150 valence electrons. The molecule has 3 heterocycles. The van der Waals surface area contributed by atoms with Crippen molar-refractivity contribution < 1.29 is 23.9 Å². The first kappa shape index (κ1) is 18.5. The molecule has 4 rings (SSSR count). The number of fused-ring (bicyclic) bond motifs is 1. The first-order valence-corrected chi connectivity index (χ1v) is 9.76. The second kappa shape index (κ2) is 8.04. The molecule has 1 aromatic rings. The Morgan fingerprint density at radius 3 is 2.79 bits per heavy atom. The van der Waals surface area contributed by atoms with Crippen molar-refractivity contribution >= 4 is 17.7 Å². The Morgan fingerprint density at radius 1 is 1.21 bits per heavy atom. The third kappa shape index (κ3) is 4.18. The molecule has 2 fully saturated rings. The molecule has 9 heteroatoms. The average molecular weight is 388 g/mol. The quantitative estimate of drug-likeness (QED) is 0.648. The number of amides is 3. The molecule has 28 heavy (non-hydrogen) atoms. The Hall–Kier alpha value is -2.84. The third-order valence-electron chi connectivity index (χ3n) is 5.06. The SMILES string of the molecule is O=C1CC[C@H](C(=O)NCCCN(C(=O)c2ccc3c(n2)OCCO3)C2CC2)N1. The zero-order chi connectivity index (χ0) is 19.5. The minimum absolute atomic E-state index is 0.0856. The van der Waals surface area contributed by atoms with Crippen molar-refractivity contribution in [3.63, 3.8) is 0 Å². The molecule has 2 N–H and O–H groups in total. The molecule has 1 aliphatic carbocycles. The number of aromatic nitrogens is 1. The molecular weight excluding hydrogens is 364 g/mol. The van der Waals surface area contributed by atoms with Gasteiger partial charge in [-0.05, 0) is 37.8 Å². The molecule has 0 unspecified atom stereocenters. The fraction of sp³-hybridized carbons (Fsp3) is 0.579. The van der Waals surface area contributed by atoms with Crippen LogP contribution in [0.15, 0.2) is 12.1 Å². The van der Waals surface area contributed by atoms with E-state index in [2.05, 4.69) is 15.6 Å². The molecule has 0 spiro atoms. The largest absolute Gasteiger partial charge is 0.484 e. The predicted molar refractivity (Wildman–Crippen MR) is 98.1 cm³/mol. The average Bonchev–Trinajstić information content (AvgIpc) is 3.46. The van der Waals surface area contributed by atoms with Crippen LogP contribution in [-0.2, 0) is 9.59 Å². The van der Waals surface area contributed by atoms with Gasteiger partial charge < -0.3 is 25.0 Å². The number of hydrogen-bond acceptors (Lipinski definition) is 6. The van der Waals surface area contributed by atoms with Crippen molar-refractivity contribution in [3.8, 4) is 11.6 Å². The zero-order valence-electron chi connectivity index (χ0n) is 15.6. The smallest absolute Gasteiger partial charge is 0.272 e. The van der Waals surface area contributed by atoms with E-state index in [4.69, 9.17) is 9.47 Å². The fourth-order valence-electron chi connectivity index (χ4n) is 3.43. The maximum absolute atomic E-state index is 12.9. The highest BCUT2D eigenvalue weighted by atomic mass is 16.6. The van der Waals surface area contributed by atoms with Crippen LogP contribution in [0.5, 0.6) is 11.6 Å². The van der Waals surface area contributed by atoms with Gasteiger partial charge in [-0.25, -0.2) is 4.98 Å². The molecule has 0 aromatic carbocycles. The van der Waals surface area contributed by atoms with E-state index in [1.165, 1.54) is 0 Å². The van der Waals surface area contributed by atoms with E-state index in [0.29, 0.717) is 62.9 Å². The summed E-state index contributed by atoms with van der Waals surface area (Å²) in [7, 11) is 0. The Bertz CT molecular complexity index is 780. The Morgan fingerprint density at radius 2 is 2.04 bits per heavy atom. The highest BCUT2D eigenvalue weighted by Gasteiger charge is 2.34. The summed E-state index contributed by atoms with van der Waals surface area (Å²) >= 11 is 0. The van der Waals surface area contributed by atoms with Gasteiger partial charge in [-0.1, -0.05) is 0 Å². The summed E-state index contributed by atoms with van der Waals surface area (Å²) in [6.07, 6.45) is 3.53. The maximum Gasteiger partial charge on any atom is 0.272 e. The van der Waals surface area contributed by atoms with Gasteiger partial charge in [-0.3, -0.25) is 14.4 Å². The van der Waals surface area contributed by atoms with Gasteiger partial charge in [0.1, 0.15) is 24.9 Å². The number of pyridine rings is 1. The fourth-order valence-corrected chi connectivity index (χ4v) is 3.43. The standard InChI is InChI=1S/C19H24N4O5/c24-16-7-5-13(21-16)17(25)20-8-1-9-23(12-2-3-12)19(26)14-4-6-15-18(22-14)28-11-10-27-15/h4,6,12-13H,1-3,5,7-11H2,(H,20,25)(H,21,24)/t13-/m1/s1. The van der Waals surface area contributed by atoms with Crippen LogP contribution in [0.3, 0.4) is 0 Å². The topological polar surface area (TPSA) is 110 Å². The summed E-state index contributed by atoms with van der Waals surface area (Å²) in [6.45, 7) is 1.89. The Kier molecular flexibility index (Phi) is 5.31. The molecule has 0 radical (unpaired) electrons. The van der Waals surface area contributed by atoms with Crippen molar-refractivity contribution in [2.24, 2.45) is 0 Å². The van der Waals surface area contributed by atoms with Crippen LogP contribution in [0, 0.1) is 0 Å². The molecule has 1 aromatic heterocycles. The van der Waals surface area contributed by atoms with E-state index in [0.717, 1.165) is 12.8 Å². The van der Waals surface area contributed by atoms with Gasteiger partial charge in [0.25, 0.3) is 11.8 Å². The van der Waals surface area contributed by atoms with Crippen molar-refractivity contribution in [3.05, 3.63) is 17.8 Å². The van der Waals surface area contributed by atoms with Gasteiger partial charge in [0.05, 0.1) is 0 Å². The van der Waals surface area contributed by atoms with Crippen molar-refractivity contribution in [1.82, 2.24) is 20.5 Å². The molecule has 3 aliphatic rings. The zero-order valence-corrected chi connectivity index (χ0v) is 15.6. The predicted octanol–water partition coefficient (Wildman–Crippen LogP) is 0.242. The lowest BCUT2D eigenvalue weighted by atomic mass is 10.2. The lowest BCUT2D eigenvalue weighted by Gasteiger charge is -2.23. The molecule has 2 aliphatic heterocycles. The number of nitrogens with one attached hydrogen (secondary N) is 2. The molecule has 1 saturated heterocycles. The van der Waals surface area contributed by atoms with E-state index in [1.54, 1.807) is 12.1 Å². The summed E-state index contributed by atoms with van der Waals surface area (Å²) in [4.78, 5) is 42.3. The van der Waals surface area contributed by atoms with E-state index < -0.39 is 6.04 Å². The second-order valence-corrected chi connectivity index (χ2v) is 7.23. The van der Waals surface area contributed by atoms with E-state index >= 15 is 0 Å². The summed E-state index contributed by atoms with van der Waals surface area (Å²) in [5, 5.41) is 5.49. The number of ether oxygens (including phenoxy) is 2. The second-order valence-electron chi connectivity index (χ2n) is 7.23. The van der Waals surface area contributed by atoms with Gasteiger partial charge in [0.2, 0.25) is 11.8 Å². The first-order valence-electron chi connectivity index (χ1n) is 9.76. The molecule has 1 saturated carbocycles. The van der Waals surface area contributed by atoms with Crippen molar-refractivity contribution in [2.75, 3.05) is 26.3 Å². The van der Waals surface area contributed by atoms with Crippen LogP contribution >= 0.6 is 0 Å². The van der Waals surface area contributed by atoms with E-state index in [1.807, 2.05) is 4.90 Å². The van der Waals surface area contributed by atoms with Gasteiger partial charge in [-0.15, -0.1) is 0 Å². The van der Waals surface area contributed by atoms with E-state index in [9.17, 15) is 14.4 Å². The van der Waals surface area contributed by atoms with Gasteiger partial charge >= 0.3 is 0 Å². The number of rotatable bonds is 7. The minimum Gasteiger partial charge on any atom is -0.484 e. The van der Waals surface area contributed by atoms with Gasteiger partial charge in [0.15, 0.2) is 5.75 Å². The summed E-state index contributed by atoms with van der Waals surface area (Å²) in [6, 6.07) is 3.18. The van der Waals surface area contributed by atoms with Crippen LogP contribution < -0.4 is 20.1 Å². The first-order chi connectivity index (χ1) is 13.6. The Balaban J connectivity index is 1.30. The minimum atomic E-state index is -0.435. The summed E-state index contributed by atoms with van der Waals surface area (Å²) in [5.41, 5.74) is 0.342. The normalized spacial score (nSPS) is 20.4. The highest BCUT2D eigenvalue weighted by Crippen LogP contribution is 2.31. The van der Waals surface area contributed by atoms with Crippen molar-refractivity contribution in [1.29, 1.82) is 0 Å². The van der Waals surface area contributed by atoms with Crippen LogP contribution in [0.4, 0.5) is 0 Å². The van der Waals surface area contributed by atoms with Crippen LogP contribution in [0.2, 0.25) is 0 Å². The van der Waals surface area contributed by atoms with Crippen LogP contribution in [0.1, 0.15) is 42.6 Å². The monoisotopic (exact) mass is 388 g/mol. The van der Waals surface area contributed by atoms with Crippen molar-refractivity contribution in [2.45, 2.75) is 44.2 Å². The summed E-state index contributed by atoms with van der Waals surface area (Å²) in [5.74, 6) is 0.538. The number of carbonyl (C=O) groups is 3. The third-order valence-corrected chi connectivity index (χ3v) is 5.06. The summed E-state index contributed by atoms with van der Waals surface area (Å²) < 4.78 is 10.9. The lowest BCUT2D eigenvalue weighted by Crippen LogP contribution is -2.43. The highest BCUT2D eigenvalue weighted by molar-refractivity contribution is 5.93. The Labute approximate surface area is 162 Å². The number of hydrogen-bond donors (Lipinski definition) is 2. The molecule has 1 atom stereocenters. The van der Waals surface area contributed by atoms with E-state index in [-0.39, 0.29) is 23.8 Å². The molecular formula is C19H24N4O5. The lowest BCUT2D eigenvalue weighted by molar-refractivity contribution is -0.125. The van der Waals surface area contributed by atoms with Gasteiger partial charge in [0, 0.05) is 25.6 Å². The van der Waals surface area contributed by atoms with Crippen LogP contribution in [-0.4, -0.2) is 66.0 Å². The number of carbonyl (C=O) groups excluding carboxylic acids is 3.